The highest BCUT2D eigenvalue weighted by Gasteiger charge is 2.14. The van der Waals surface area contributed by atoms with Crippen LogP contribution >= 0.6 is 11.6 Å². The van der Waals surface area contributed by atoms with Crippen molar-refractivity contribution in [2.45, 2.75) is 6.42 Å². The van der Waals surface area contributed by atoms with Gasteiger partial charge in [-0.15, -0.1) is 0 Å². The molecule has 0 bridgehead atoms. The number of fused-ring (bicyclic) bond motifs is 1. The summed E-state index contributed by atoms with van der Waals surface area (Å²) in [5.41, 5.74) is 2.92. The van der Waals surface area contributed by atoms with Gasteiger partial charge in [0.05, 0.1) is 11.3 Å². The number of hydroxylamine groups is 1. The highest BCUT2D eigenvalue weighted by molar-refractivity contribution is 6.32. The molecule has 0 fully saturated rings. The van der Waals surface area contributed by atoms with Gasteiger partial charge in [-0.1, -0.05) is 54.1 Å². The molecule has 0 saturated heterocycles. The van der Waals surface area contributed by atoms with Gasteiger partial charge in [-0.2, -0.15) is 0 Å². The Bertz CT molecular complexity index is 1080. The third-order valence-electron chi connectivity index (χ3n) is 4.05. The molecule has 0 heterocycles. The number of hydrogen-bond acceptors (Lipinski definition) is 5. The zero-order chi connectivity index (χ0) is 20.8. The van der Waals surface area contributed by atoms with E-state index in [-0.39, 0.29) is 22.8 Å². The molecule has 148 valence electrons. The van der Waals surface area contributed by atoms with Crippen molar-refractivity contribution in [2.75, 3.05) is 11.9 Å². The fraction of sp³-hybridized carbons (Fsp3) is 0.100. The fourth-order valence-electron chi connectivity index (χ4n) is 2.77. The van der Waals surface area contributed by atoms with Crippen molar-refractivity contribution in [3.63, 3.8) is 0 Å². The summed E-state index contributed by atoms with van der Waals surface area (Å²) in [5, 5.41) is 15.3. The van der Waals surface area contributed by atoms with E-state index >= 15 is 0 Å². The molecule has 3 aromatic rings. The van der Waals surface area contributed by atoms with E-state index in [9.17, 15) is 19.7 Å². The number of amides is 2. The second-order valence-corrected chi connectivity index (χ2v) is 6.51. The molecule has 2 amide bonds. The molecule has 0 aliphatic carbocycles. The lowest BCUT2D eigenvalue weighted by Crippen LogP contribution is -2.30. The van der Waals surface area contributed by atoms with Crippen LogP contribution in [0.4, 0.5) is 11.4 Å². The van der Waals surface area contributed by atoms with Crippen LogP contribution in [0.25, 0.3) is 10.8 Å². The first-order valence-electron chi connectivity index (χ1n) is 8.55. The van der Waals surface area contributed by atoms with E-state index < -0.39 is 23.3 Å². The number of halogens is 1. The van der Waals surface area contributed by atoms with Gasteiger partial charge in [0.1, 0.15) is 5.02 Å². The summed E-state index contributed by atoms with van der Waals surface area (Å²) in [6, 6.07) is 17.2. The molecule has 3 aromatic carbocycles. The molecule has 8 nitrogen and oxygen atoms in total. The van der Waals surface area contributed by atoms with Crippen molar-refractivity contribution in [3.8, 4) is 0 Å². The number of anilines is 1. The van der Waals surface area contributed by atoms with Crippen molar-refractivity contribution in [1.82, 2.24) is 5.48 Å². The molecule has 0 aliphatic heterocycles. The molecule has 0 saturated carbocycles. The quantitative estimate of drug-likeness (QED) is 0.454. The number of benzene rings is 3. The molecule has 3 rings (SSSR count). The minimum absolute atomic E-state index is 0.0371. The van der Waals surface area contributed by atoms with Crippen LogP contribution in [0.5, 0.6) is 0 Å². The molecular weight excluding hydrogens is 398 g/mol. The topological polar surface area (TPSA) is 111 Å². The Morgan fingerprint density at radius 1 is 1.03 bits per heavy atom. The molecular formula is C20H16ClN3O5. The third-order valence-corrected chi connectivity index (χ3v) is 4.37. The predicted octanol–water partition coefficient (Wildman–Crippen LogP) is 3.63. The summed E-state index contributed by atoms with van der Waals surface area (Å²) >= 11 is 5.72. The Hall–Kier alpha value is -3.49. The molecule has 0 radical (unpaired) electrons. The van der Waals surface area contributed by atoms with Crippen molar-refractivity contribution >= 4 is 45.6 Å². The lowest BCUT2D eigenvalue weighted by Gasteiger charge is -2.09. The Labute approximate surface area is 170 Å². The highest BCUT2D eigenvalue weighted by Crippen LogP contribution is 2.27. The number of rotatable bonds is 7. The normalized spacial score (nSPS) is 10.5. The van der Waals surface area contributed by atoms with Crippen LogP contribution in [-0.2, 0) is 20.8 Å². The van der Waals surface area contributed by atoms with Crippen LogP contribution < -0.4 is 10.8 Å². The maximum Gasteiger partial charge on any atom is 0.289 e. The van der Waals surface area contributed by atoms with Gasteiger partial charge in [0.2, 0.25) is 5.91 Å². The lowest BCUT2D eigenvalue weighted by atomic mass is 10.0. The summed E-state index contributed by atoms with van der Waals surface area (Å²) in [5.74, 6) is -0.997. The van der Waals surface area contributed by atoms with E-state index in [1.54, 1.807) is 0 Å². The van der Waals surface area contributed by atoms with Crippen molar-refractivity contribution < 1.29 is 19.3 Å². The first-order valence-corrected chi connectivity index (χ1v) is 8.93. The highest BCUT2D eigenvalue weighted by atomic mass is 35.5. The number of carbonyl (C=O) groups excluding carboxylic acids is 2. The van der Waals surface area contributed by atoms with Crippen molar-refractivity contribution in [3.05, 3.63) is 81.4 Å². The van der Waals surface area contributed by atoms with E-state index in [4.69, 9.17) is 16.4 Å². The number of nitro benzene ring substituents is 1. The zero-order valence-electron chi connectivity index (χ0n) is 15.1. The first kappa shape index (κ1) is 20.2. The number of hydrogen-bond donors (Lipinski definition) is 2. The molecule has 0 spiro atoms. The van der Waals surface area contributed by atoms with Gasteiger partial charge in [-0.05, 0) is 28.5 Å². The summed E-state index contributed by atoms with van der Waals surface area (Å²) < 4.78 is 0. The molecule has 0 unspecified atom stereocenters. The van der Waals surface area contributed by atoms with Crippen LogP contribution in [0, 0.1) is 10.1 Å². The molecule has 0 atom stereocenters. The number of nitrogens with zero attached hydrogens (tertiary/aromatic N) is 1. The van der Waals surface area contributed by atoms with Gasteiger partial charge >= 0.3 is 0 Å². The standard InChI is InChI=1S/C20H16ClN3O5/c21-17-9-8-15(11-18(17)24(27)28)22-20(26)12-29-23-19(25)10-14-6-3-5-13-4-1-2-7-16(13)14/h1-9,11H,10,12H2,(H,22,26)(H,23,25). The Balaban J connectivity index is 1.50. The lowest BCUT2D eigenvalue weighted by molar-refractivity contribution is -0.384. The summed E-state index contributed by atoms with van der Waals surface area (Å²) in [4.78, 5) is 39.2. The molecule has 0 aliphatic rings. The van der Waals surface area contributed by atoms with Crippen molar-refractivity contribution in [1.29, 1.82) is 0 Å². The van der Waals surface area contributed by atoms with E-state index in [0.717, 1.165) is 22.4 Å². The largest absolute Gasteiger partial charge is 0.324 e. The minimum Gasteiger partial charge on any atom is -0.324 e. The fourth-order valence-corrected chi connectivity index (χ4v) is 2.95. The van der Waals surface area contributed by atoms with Crippen LogP contribution in [0.15, 0.2) is 60.7 Å². The Morgan fingerprint density at radius 3 is 2.59 bits per heavy atom. The maximum atomic E-state index is 12.1. The van der Waals surface area contributed by atoms with Gasteiger partial charge in [0.15, 0.2) is 6.61 Å². The summed E-state index contributed by atoms with van der Waals surface area (Å²) in [6.45, 7) is -0.461. The molecule has 0 aromatic heterocycles. The number of nitrogens with one attached hydrogen (secondary N) is 2. The molecule has 9 heteroatoms. The molecule has 2 N–H and O–H groups in total. The first-order chi connectivity index (χ1) is 13.9. The van der Waals surface area contributed by atoms with E-state index in [1.165, 1.54) is 12.1 Å². The van der Waals surface area contributed by atoms with Gasteiger partial charge in [0, 0.05) is 11.8 Å². The van der Waals surface area contributed by atoms with Crippen LogP contribution in [-0.4, -0.2) is 23.3 Å². The van der Waals surface area contributed by atoms with Gasteiger partial charge in [0.25, 0.3) is 11.6 Å². The van der Waals surface area contributed by atoms with E-state index in [2.05, 4.69) is 10.8 Å². The second-order valence-electron chi connectivity index (χ2n) is 6.10. The average Bonchev–Trinajstić information content (AvgIpc) is 2.69. The van der Waals surface area contributed by atoms with Crippen molar-refractivity contribution in [2.24, 2.45) is 0 Å². The number of nitro groups is 1. The number of carbonyl (C=O) groups is 2. The van der Waals surface area contributed by atoms with Gasteiger partial charge in [-0.25, -0.2) is 5.48 Å². The average molecular weight is 414 g/mol. The summed E-state index contributed by atoms with van der Waals surface area (Å²) in [6.07, 6.45) is 0.0896. The van der Waals surface area contributed by atoms with Crippen LogP contribution in [0.3, 0.4) is 0 Å². The monoisotopic (exact) mass is 413 g/mol. The Morgan fingerprint density at radius 2 is 1.79 bits per heavy atom. The summed E-state index contributed by atoms with van der Waals surface area (Å²) in [7, 11) is 0. The third kappa shape index (κ3) is 5.28. The van der Waals surface area contributed by atoms with Crippen LogP contribution in [0.1, 0.15) is 5.56 Å². The van der Waals surface area contributed by atoms with E-state index in [1.807, 2.05) is 42.5 Å². The SMILES string of the molecule is O=C(Cc1cccc2ccccc12)NOCC(=O)Nc1ccc(Cl)c([N+](=O)[O-])c1. The zero-order valence-corrected chi connectivity index (χ0v) is 15.8. The van der Waals surface area contributed by atoms with Crippen LogP contribution in [0.2, 0.25) is 5.02 Å². The van der Waals surface area contributed by atoms with Gasteiger partial charge < -0.3 is 5.32 Å². The maximum absolute atomic E-state index is 12.1. The molecule has 29 heavy (non-hydrogen) atoms. The van der Waals surface area contributed by atoms with Gasteiger partial charge in [-0.3, -0.25) is 24.5 Å². The minimum atomic E-state index is -0.651. The van der Waals surface area contributed by atoms with E-state index in [0.29, 0.717) is 0 Å². The predicted molar refractivity (Wildman–Crippen MR) is 108 cm³/mol. The Kier molecular flexibility index (Phi) is 6.38. The smallest absolute Gasteiger partial charge is 0.289 e. The second kappa shape index (κ2) is 9.13.